The highest BCUT2D eigenvalue weighted by Crippen LogP contribution is 2.53. The standard InChI is InChI=1S/C24H24N2O6S/c1-29-16-7-5-6-15(10-16)24(28)13-33-23-18(12-25)17(11-21(27)26(23)24)14-8-19(30-2)22(32-4)20(9-14)31-3/h5-10,17,28H,11,13H2,1-4H3. The van der Waals surface area contributed by atoms with Crippen LogP contribution in [0.5, 0.6) is 23.0 Å². The molecule has 1 amide bonds. The Labute approximate surface area is 196 Å². The molecule has 0 aromatic heterocycles. The summed E-state index contributed by atoms with van der Waals surface area (Å²) >= 11 is 1.29. The molecule has 0 saturated carbocycles. The fraction of sp³-hybridized carbons (Fsp3) is 0.333. The van der Waals surface area contributed by atoms with Crippen LogP contribution in [-0.2, 0) is 10.5 Å². The summed E-state index contributed by atoms with van der Waals surface area (Å²) in [5.41, 5.74) is 0.0569. The number of carbonyl (C=O) groups is 1. The van der Waals surface area contributed by atoms with Crippen LogP contribution in [0, 0.1) is 11.3 Å². The molecule has 0 bridgehead atoms. The number of amides is 1. The smallest absolute Gasteiger partial charge is 0.231 e. The highest BCUT2D eigenvalue weighted by atomic mass is 32.2. The zero-order valence-electron chi connectivity index (χ0n) is 18.7. The average Bonchev–Trinajstić information content (AvgIpc) is 3.22. The van der Waals surface area contributed by atoms with Gasteiger partial charge < -0.3 is 24.1 Å². The summed E-state index contributed by atoms with van der Waals surface area (Å²) in [6.45, 7) is 0. The second-order valence-electron chi connectivity index (χ2n) is 7.61. The Morgan fingerprint density at radius 1 is 1.09 bits per heavy atom. The Balaban J connectivity index is 1.82. The molecular formula is C24H24N2O6S. The maximum Gasteiger partial charge on any atom is 0.231 e. The van der Waals surface area contributed by atoms with Crippen molar-refractivity contribution in [3.8, 4) is 29.1 Å². The largest absolute Gasteiger partial charge is 0.497 e. The molecule has 1 fully saturated rings. The molecule has 1 saturated heterocycles. The molecule has 0 radical (unpaired) electrons. The van der Waals surface area contributed by atoms with Crippen molar-refractivity contribution in [2.45, 2.75) is 18.1 Å². The summed E-state index contributed by atoms with van der Waals surface area (Å²) in [6, 6.07) is 12.8. The van der Waals surface area contributed by atoms with Crippen molar-refractivity contribution in [1.82, 2.24) is 4.90 Å². The average molecular weight is 469 g/mol. The van der Waals surface area contributed by atoms with Crippen molar-refractivity contribution in [3.63, 3.8) is 0 Å². The van der Waals surface area contributed by atoms with Gasteiger partial charge >= 0.3 is 0 Å². The second kappa shape index (κ2) is 8.89. The first-order valence-corrected chi connectivity index (χ1v) is 11.2. The van der Waals surface area contributed by atoms with Crippen LogP contribution in [0.25, 0.3) is 0 Å². The number of rotatable bonds is 6. The number of carbonyl (C=O) groups excluding carboxylic acids is 1. The summed E-state index contributed by atoms with van der Waals surface area (Å²) in [6.07, 6.45) is 0.0118. The van der Waals surface area contributed by atoms with E-state index in [0.717, 1.165) is 0 Å². The lowest BCUT2D eigenvalue weighted by atomic mass is 9.85. The summed E-state index contributed by atoms with van der Waals surface area (Å²) < 4.78 is 21.6. The second-order valence-corrected chi connectivity index (χ2v) is 8.58. The topological polar surface area (TPSA) is 101 Å². The first-order valence-electron chi connectivity index (χ1n) is 10.2. The molecular weight excluding hydrogens is 444 g/mol. The number of allylic oxidation sites excluding steroid dienone is 1. The van der Waals surface area contributed by atoms with Crippen molar-refractivity contribution in [1.29, 1.82) is 5.26 Å². The third-order valence-corrected chi connectivity index (χ3v) is 7.15. The van der Waals surface area contributed by atoms with Crippen LogP contribution in [0.1, 0.15) is 23.5 Å². The molecule has 2 aromatic carbocycles. The van der Waals surface area contributed by atoms with Crippen LogP contribution in [-0.4, -0.2) is 50.1 Å². The van der Waals surface area contributed by atoms with Gasteiger partial charge in [0.2, 0.25) is 11.7 Å². The van der Waals surface area contributed by atoms with Crippen LogP contribution in [0.4, 0.5) is 0 Å². The molecule has 33 heavy (non-hydrogen) atoms. The normalized spacial score (nSPS) is 22.0. The van der Waals surface area contributed by atoms with E-state index in [-0.39, 0.29) is 18.1 Å². The number of methoxy groups -OCH3 is 4. The molecule has 8 nitrogen and oxygen atoms in total. The van der Waals surface area contributed by atoms with Gasteiger partial charge in [0.05, 0.1) is 50.9 Å². The van der Waals surface area contributed by atoms with E-state index >= 15 is 0 Å². The number of fused-ring (bicyclic) bond motifs is 1. The number of aliphatic hydroxyl groups is 1. The van der Waals surface area contributed by atoms with Crippen LogP contribution >= 0.6 is 11.8 Å². The number of hydrogen-bond donors (Lipinski definition) is 1. The number of ether oxygens (including phenoxy) is 4. The van der Waals surface area contributed by atoms with Gasteiger partial charge in [-0.25, -0.2) is 0 Å². The minimum atomic E-state index is -1.58. The van der Waals surface area contributed by atoms with Gasteiger partial charge in [0.25, 0.3) is 0 Å². The van der Waals surface area contributed by atoms with Crippen LogP contribution in [0.2, 0.25) is 0 Å². The number of benzene rings is 2. The molecule has 2 aliphatic rings. The lowest BCUT2D eigenvalue weighted by molar-refractivity contribution is -0.149. The highest BCUT2D eigenvalue weighted by Gasteiger charge is 2.52. The van der Waals surface area contributed by atoms with Gasteiger partial charge in [-0.3, -0.25) is 9.69 Å². The van der Waals surface area contributed by atoms with Crippen molar-refractivity contribution in [2.24, 2.45) is 0 Å². The van der Waals surface area contributed by atoms with E-state index in [1.807, 2.05) is 0 Å². The van der Waals surface area contributed by atoms with Gasteiger partial charge in [-0.05, 0) is 29.8 Å². The molecule has 0 spiro atoms. The first-order chi connectivity index (χ1) is 15.9. The van der Waals surface area contributed by atoms with E-state index in [0.29, 0.717) is 44.7 Å². The van der Waals surface area contributed by atoms with Gasteiger partial charge in [0.1, 0.15) is 5.75 Å². The van der Waals surface area contributed by atoms with E-state index in [4.69, 9.17) is 18.9 Å². The number of hydrogen-bond acceptors (Lipinski definition) is 8. The SMILES string of the molecule is COc1cccc(C2(O)CSC3=C(C#N)C(c4cc(OC)c(OC)c(OC)c4)CC(=O)N32)c1. The van der Waals surface area contributed by atoms with Gasteiger partial charge in [0.15, 0.2) is 17.2 Å². The quantitative estimate of drug-likeness (QED) is 0.689. The van der Waals surface area contributed by atoms with E-state index in [1.165, 1.54) is 38.0 Å². The molecule has 172 valence electrons. The minimum Gasteiger partial charge on any atom is -0.497 e. The summed E-state index contributed by atoms with van der Waals surface area (Å²) in [5.74, 6) is 1.30. The highest BCUT2D eigenvalue weighted by molar-refractivity contribution is 8.03. The summed E-state index contributed by atoms with van der Waals surface area (Å²) in [4.78, 5) is 14.7. The van der Waals surface area contributed by atoms with E-state index in [9.17, 15) is 15.2 Å². The zero-order valence-corrected chi connectivity index (χ0v) is 19.6. The number of nitrogens with zero attached hydrogens (tertiary/aromatic N) is 2. The number of thioether (sulfide) groups is 1. The monoisotopic (exact) mass is 468 g/mol. The van der Waals surface area contributed by atoms with Crippen molar-refractivity contribution in [3.05, 3.63) is 58.1 Å². The lowest BCUT2D eigenvalue weighted by Crippen LogP contribution is -2.48. The first kappa shape index (κ1) is 22.8. The summed E-state index contributed by atoms with van der Waals surface area (Å²) in [7, 11) is 6.08. The Bertz CT molecular complexity index is 1150. The Hall–Kier alpha value is -3.35. The Kier molecular flexibility index (Phi) is 6.15. The molecule has 2 unspecified atom stereocenters. The molecule has 2 aliphatic heterocycles. The minimum absolute atomic E-state index is 0.0118. The van der Waals surface area contributed by atoms with Gasteiger partial charge in [-0.1, -0.05) is 12.1 Å². The van der Waals surface area contributed by atoms with Crippen molar-refractivity contribution >= 4 is 17.7 Å². The van der Waals surface area contributed by atoms with Gasteiger partial charge in [-0.2, -0.15) is 5.26 Å². The van der Waals surface area contributed by atoms with Crippen LogP contribution in [0.15, 0.2) is 47.0 Å². The molecule has 0 aliphatic carbocycles. The maximum atomic E-state index is 13.4. The lowest BCUT2D eigenvalue weighted by Gasteiger charge is -2.38. The predicted molar refractivity (Wildman–Crippen MR) is 122 cm³/mol. The Morgan fingerprint density at radius 2 is 1.79 bits per heavy atom. The molecule has 9 heteroatoms. The molecule has 4 rings (SSSR count). The Morgan fingerprint density at radius 3 is 2.36 bits per heavy atom. The predicted octanol–water partition coefficient (Wildman–Crippen LogP) is 3.36. The van der Waals surface area contributed by atoms with Crippen molar-refractivity contribution < 1.29 is 28.8 Å². The third kappa shape index (κ3) is 3.65. The molecule has 2 heterocycles. The third-order valence-electron chi connectivity index (χ3n) is 5.93. The zero-order chi connectivity index (χ0) is 23.8. The molecule has 2 aromatic rings. The molecule has 2 atom stereocenters. The van der Waals surface area contributed by atoms with Gasteiger partial charge in [0, 0.05) is 17.9 Å². The van der Waals surface area contributed by atoms with E-state index < -0.39 is 11.6 Å². The van der Waals surface area contributed by atoms with E-state index in [2.05, 4.69) is 6.07 Å². The maximum absolute atomic E-state index is 13.4. The van der Waals surface area contributed by atoms with Crippen LogP contribution in [0.3, 0.4) is 0 Å². The van der Waals surface area contributed by atoms with Crippen molar-refractivity contribution in [2.75, 3.05) is 34.2 Å². The fourth-order valence-electron chi connectivity index (χ4n) is 4.30. The van der Waals surface area contributed by atoms with E-state index in [1.54, 1.807) is 43.5 Å². The van der Waals surface area contributed by atoms with Crippen LogP contribution < -0.4 is 18.9 Å². The molecule has 1 N–H and O–H groups in total. The number of nitriles is 1. The van der Waals surface area contributed by atoms with Gasteiger partial charge in [-0.15, -0.1) is 11.8 Å². The summed E-state index contributed by atoms with van der Waals surface area (Å²) in [5, 5.41) is 22.1. The fourth-order valence-corrected chi connectivity index (χ4v) is 5.66.